The van der Waals surface area contributed by atoms with Crippen LogP contribution in [0.2, 0.25) is 0 Å². The van der Waals surface area contributed by atoms with Crippen LogP contribution >= 0.6 is 12.4 Å². The average Bonchev–Trinajstić information content (AvgIpc) is 3.30. The second-order valence-electron chi connectivity index (χ2n) is 6.20. The molecule has 0 saturated heterocycles. The van der Waals surface area contributed by atoms with Gasteiger partial charge < -0.3 is 14.7 Å². The van der Waals surface area contributed by atoms with E-state index in [1.54, 1.807) is 12.1 Å². The van der Waals surface area contributed by atoms with Gasteiger partial charge in [0.15, 0.2) is 5.82 Å². The minimum atomic E-state index is -0.467. The highest BCUT2D eigenvalue weighted by molar-refractivity contribution is 5.85. The lowest BCUT2D eigenvalue weighted by Gasteiger charge is -2.17. The highest BCUT2D eigenvalue weighted by Crippen LogP contribution is 2.34. The van der Waals surface area contributed by atoms with E-state index in [-0.39, 0.29) is 18.2 Å². The van der Waals surface area contributed by atoms with E-state index in [0.717, 1.165) is 25.7 Å². The van der Waals surface area contributed by atoms with Crippen molar-refractivity contribution in [3.63, 3.8) is 0 Å². The summed E-state index contributed by atoms with van der Waals surface area (Å²) in [5.41, 5.74) is 7.24. The molecule has 4 rings (SSSR count). The topological polar surface area (TPSA) is 91.0 Å². The van der Waals surface area contributed by atoms with Crippen molar-refractivity contribution in [3.05, 3.63) is 53.8 Å². The van der Waals surface area contributed by atoms with Crippen molar-refractivity contribution in [2.24, 2.45) is 5.73 Å². The average molecular weight is 365 g/mol. The molecule has 6 nitrogen and oxygen atoms in total. The Bertz CT molecular complexity index is 840. The van der Waals surface area contributed by atoms with Crippen LogP contribution in [0.3, 0.4) is 0 Å². The Hall–Kier alpha value is -2.25. The number of hydrogen-bond donors (Lipinski definition) is 1. The van der Waals surface area contributed by atoms with Gasteiger partial charge in [-0.05, 0) is 37.1 Å². The van der Waals surface area contributed by atoms with Gasteiger partial charge >= 0.3 is 0 Å². The molecular formula is C17H18ClFN4O2. The Morgan fingerprint density at radius 1 is 1.12 bits per heavy atom. The third-order valence-electron chi connectivity index (χ3n) is 4.38. The molecule has 2 N–H and O–H groups in total. The molecule has 3 aromatic rings. The van der Waals surface area contributed by atoms with Crippen LogP contribution in [0.1, 0.15) is 43.1 Å². The fourth-order valence-corrected chi connectivity index (χ4v) is 3.03. The van der Waals surface area contributed by atoms with Gasteiger partial charge in [0.1, 0.15) is 12.1 Å². The van der Waals surface area contributed by atoms with Gasteiger partial charge in [-0.3, -0.25) is 0 Å². The predicted molar refractivity (Wildman–Crippen MR) is 90.6 cm³/mol. The van der Waals surface area contributed by atoms with Crippen molar-refractivity contribution in [2.45, 2.75) is 37.6 Å². The summed E-state index contributed by atoms with van der Waals surface area (Å²) in [4.78, 5) is 8.80. The van der Waals surface area contributed by atoms with Gasteiger partial charge in [-0.15, -0.1) is 12.4 Å². The van der Waals surface area contributed by atoms with E-state index in [0.29, 0.717) is 35.3 Å². The summed E-state index contributed by atoms with van der Waals surface area (Å²) in [7, 11) is 0. The Morgan fingerprint density at radius 2 is 1.84 bits per heavy atom. The molecule has 1 saturated carbocycles. The standard InChI is InChI=1S/C17H17FN4O2.ClH/c18-12-5-3-11(4-6-12)15-20-13(10-23-15)9-14-21-16(22-24-14)17(19)7-1-2-8-17;/h3-6,10H,1-2,7-9,19H2;1H. The molecule has 8 heteroatoms. The molecule has 2 aromatic heterocycles. The summed E-state index contributed by atoms with van der Waals surface area (Å²) in [5, 5.41) is 4.03. The van der Waals surface area contributed by atoms with Crippen LogP contribution in [0, 0.1) is 5.82 Å². The molecule has 1 aliphatic carbocycles. The van der Waals surface area contributed by atoms with Crippen LogP contribution < -0.4 is 5.73 Å². The molecule has 0 bridgehead atoms. The Balaban J connectivity index is 0.00000182. The zero-order valence-corrected chi connectivity index (χ0v) is 14.3. The monoisotopic (exact) mass is 364 g/mol. The summed E-state index contributed by atoms with van der Waals surface area (Å²) in [6.07, 6.45) is 5.84. The quantitative estimate of drug-likeness (QED) is 0.760. The van der Waals surface area contributed by atoms with Gasteiger partial charge in [0.25, 0.3) is 0 Å². The summed E-state index contributed by atoms with van der Waals surface area (Å²) < 4.78 is 23.7. The first-order valence-electron chi connectivity index (χ1n) is 7.95. The number of nitrogens with zero attached hydrogens (tertiary/aromatic N) is 3. The minimum absolute atomic E-state index is 0. The van der Waals surface area contributed by atoms with Crippen LogP contribution in [0.4, 0.5) is 4.39 Å². The number of oxazole rings is 1. The van der Waals surface area contributed by atoms with E-state index in [4.69, 9.17) is 14.7 Å². The number of hydrogen-bond acceptors (Lipinski definition) is 6. The SMILES string of the molecule is Cl.NC1(c2noc(Cc3coc(-c4ccc(F)cc4)n3)n2)CCCC1. The van der Waals surface area contributed by atoms with Gasteiger partial charge in [-0.1, -0.05) is 18.0 Å². The third-order valence-corrected chi connectivity index (χ3v) is 4.38. The molecule has 0 unspecified atom stereocenters. The normalized spacial score (nSPS) is 15.9. The van der Waals surface area contributed by atoms with E-state index in [9.17, 15) is 4.39 Å². The summed E-state index contributed by atoms with van der Waals surface area (Å²) >= 11 is 0. The largest absolute Gasteiger partial charge is 0.444 e. The van der Waals surface area contributed by atoms with Crippen LogP contribution in [0.25, 0.3) is 11.5 Å². The van der Waals surface area contributed by atoms with E-state index >= 15 is 0 Å². The van der Waals surface area contributed by atoms with Crippen molar-refractivity contribution < 1.29 is 13.3 Å². The second-order valence-corrected chi connectivity index (χ2v) is 6.20. The van der Waals surface area contributed by atoms with Gasteiger partial charge in [0, 0.05) is 5.56 Å². The summed E-state index contributed by atoms with van der Waals surface area (Å²) in [6, 6.07) is 5.97. The second kappa shape index (κ2) is 6.93. The number of rotatable bonds is 4. The van der Waals surface area contributed by atoms with E-state index < -0.39 is 5.54 Å². The fraction of sp³-hybridized carbons (Fsp3) is 0.353. The van der Waals surface area contributed by atoms with E-state index in [2.05, 4.69) is 15.1 Å². The lowest BCUT2D eigenvalue weighted by atomic mass is 9.99. The first kappa shape index (κ1) is 17.6. The van der Waals surface area contributed by atoms with Crippen LogP contribution in [0.5, 0.6) is 0 Å². The highest BCUT2D eigenvalue weighted by atomic mass is 35.5. The minimum Gasteiger partial charge on any atom is -0.444 e. The number of nitrogens with two attached hydrogens (primary N) is 1. The molecule has 1 aromatic carbocycles. The first-order chi connectivity index (χ1) is 11.6. The number of aromatic nitrogens is 3. The smallest absolute Gasteiger partial charge is 0.232 e. The molecule has 1 aliphatic rings. The number of benzene rings is 1. The molecular weight excluding hydrogens is 347 g/mol. The fourth-order valence-electron chi connectivity index (χ4n) is 3.03. The van der Waals surface area contributed by atoms with E-state index in [1.807, 2.05) is 0 Å². The molecule has 0 amide bonds. The Kier molecular flexibility index (Phi) is 4.87. The third kappa shape index (κ3) is 3.57. The maximum absolute atomic E-state index is 13.0. The van der Waals surface area contributed by atoms with Crippen molar-refractivity contribution in [2.75, 3.05) is 0 Å². The lowest BCUT2D eigenvalue weighted by molar-refractivity contribution is 0.351. The molecule has 0 spiro atoms. The molecule has 0 atom stereocenters. The van der Waals surface area contributed by atoms with Crippen molar-refractivity contribution in [3.8, 4) is 11.5 Å². The zero-order valence-electron chi connectivity index (χ0n) is 13.4. The van der Waals surface area contributed by atoms with Crippen LogP contribution in [-0.4, -0.2) is 15.1 Å². The van der Waals surface area contributed by atoms with Gasteiger partial charge in [0.05, 0.1) is 17.7 Å². The highest BCUT2D eigenvalue weighted by Gasteiger charge is 2.36. The summed E-state index contributed by atoms with van der Waals surface area (Å²) in [6.45, 7) is 0. The summed E-state index contributed by atoms with van der Waals surface area (Å²) in [5.74, 6) is 1.15. The maximum atomic E-state index is 13.0. The zero-order chi connectivity index (χ0) is 16.6. The van der Waals surface area contributed by atoms with Crippen molar-refractivity contribution >= 4 is 12.4 Å². The predicted octanol–water partition coefficient (Wildman–Crippen LogP) is 3.60. The first-order valence-corrected chi connectivity index (χ1v) is 7.95. The van der Waals surface area contributed by atoms with Crippen LogP contribution in [-0.2, 0) is 12.0 Å². The van der Waals surface area contributed by atoms with Gasteiger partial charge in [0.2, 0.25) is 11.8 Å². The molecule has 0 aliphatic heterocycles. The maximum Gasteiger partial charge on any atom is 0.232 e. The molecule has 0 radical (unpaired) electrons. The van der Waals surface area contributed by atoms with Gasteiger partial charge in [-0.2, -0.15) is 4.98 Å². The van der Waals surface area contributed by atoms with Crippen molar-refractivity contribution in [1.82, 2.24) is 15.1 Å². The van der Waals surface area contributed by atoms with Crippen molar-refractivity contribution in [1.29, 1.82) is 0 Å². The molecule has 2 heterocycles. The molecule has 25 heavy (non-hydrogen) atoms. The molecule has 1 fully saturated rings. The molecule has 132 valence electrons. The Labute approximate surface area is 150 Å². The van der Waals surface area contributed by atoms with Gasteiger partial charge in [-0.25, -0.2) is 9.37 Å². The lowest BCUT2D eigenvalue weighted by Crippen LogP contribution is -2.34. The van der Waals surface area contributed by atoms with E-state index in [1.165, 1.54) is 18.4 Å². The number of halogens is 2. The van der Waals surface area contributed by atoms with Crippen LogP contribution in [0.15, 0.2) is 39.5 Å². The Morgan fingerprint density at radius 3 is 2.56 bits per heavy atom.